The van der Waals surface area contributed by atoms with Crippen LogP contribution in [-0.2, 0) is 21.4 Å². The molecule has 0 unspecified atom stereocenters. The van der Waals surface area contributed by atoms with E-state index >= 15 is 0 Å². The molecule has 34 heavy (non-hydrogen) atoms. The van der Waals surface area contributed by atoms with Gasteiger partial charge in [0.1, 0.15) is 17.9 Å². The predicted octanol–water partition coefficient (Wildman–Crippen LogP) is 6.48. The maximum atomic E-state index is 12.4. The first-order valence-electron chi connectivity index (χ1n) is 13.0. The highest BCUT2D eigenvalue weighted by atomic mass is 16.6. The average molecular weight is 470 g/mol. The van der Waals surface area contributed by atoms with Gasteiger partial charge in [-0.3, -0.25) is 0 Å². The zero-order valence-electron chi connectivity index (χ0n) is 22.4. The van der Waals surface area contributed by atoms with Gasteiger partial charge in [0, 0.05) is 0 Å². The molecular weight excluding hydrogens is 426 g/mol. The van der Waals surface area contributed by atoms with Crippen LogP contribution >= 0.6 is 0 Å². The third-order valence-electron chi connectivity index (χ3n) is 9.19. The van der Waals surface area contributed by atoms with Gasteiger partial charge in [-0.05, 0) is 117 Å². The number of fused-ring (bicyclic) bond motifs is 5. The quantitative estimate of drug-likeness (QED) is 0.406. The number of aryl methyl sites for hydroxylation is 1. The molecule has 0 spiro atoms. The van der Waals surface area contributed by atoms with E-state index < -0.39 is 17.7 Å². The van der Waals surface area contributed by atoms with Crippen molar-refractivity contribution >= 4 is 12.1 Å². The monoisotopic (exact) mass is 469 g/mol. The molecule has 1 aromatic carbocycles. The predicted molar refractivity (Wildman–Crippen MR) is 134 cm³/mol. The SMILES string of the molecule is Cc1cc(OC(=O)CNC(=O)OC(C)(C)C)cc2c1[C@]1(C)CC[C@H]3C(C)(C)CCC[C@]3(C)[C@H]1C2. The summed E-state index contributed by atoms with van der Waals surface area (Å²) in [6.07, 6.45) is 6.92. The van der Waals surface area contributed by atoms with Crippen molar-refractivity contribution in [1.82, 2.24) is 5.32 Å². The molecule has 1 aromatic rings. The summed E-state index contributed by atoms with van der Waals surface area (Å²) in [5, 5.41) is 2.48. The van der Waals surface area contributed by atoms with Gasteiger partial charge in [-0.1, -0.05) is 34.1 Å². The van der Waals surface area contributed by atoms with Crippen molar-refractivity contribution < 1.29 is 19.1 Å². The molecule has 1 N–H and O–H groups in total. The summed E-state index contributed by atoms with van der Waals surface area (Å²) in [7, 11) is 0. The Morgan fingerprint density at radius 3 is 2.44 bits per heavy atom. The minimum absolute atomic E-state index is 0.179. The minimum atomic E-state index is -0.621. The third kappa shape index (κ3) is 4.35. The maximum Gasteiger partial charge on any atom is 0.408 e. The highest BCUT2D eigenvalue weighted by Crippen LogP contribution is 2.67. The third-order valence-corrected chi connectivity index (χ3v) is 9.19. The Hall–Kier alpha value is -2.04. The van der Waals surface area contributed by atoms with Crippen LogP contribution in [0, 0.1) is 29.6 Å². The van der Waals surface area contributed by atoms with Crippen molar-refractivity contribution in [3.8, 4) is 5.75 Å². The highest BCUT2D eigenvalue weighted by molar-refractivity contribution is 5.79. The van der Waals surface area contributed by atoms with Crippen LogP contribution in [0.4, 0.5) is 4.79 Å². The number of alkyl carbamates (subject to hydrolysis) is 1. The van der Waals surface area contributed by atoms with Gasteiger partial charge in [0.05, 0.1) is 0 Å². The molecule has 5 heteroatoms. The Bertz CT molecular complexity index is 991. The molecule has 3 aliphatic carbocycles. The zero-order valence-corrected chi connectivity index (χ0v) is 22.4. The number of nitrogens with one attached hydrogen (secondary N) is 1. The van der Waals surface area contributed by atoms with E-state index in [2.05, 4.69) is 46.0 Å². The summed E-state index contributed by atoms with van der Waals surface area (Å²) in [6, 6.07) is 4.07. The number of rotatable bonds is 3. The summed E-state index contributed by atoms with van der Waals surface area (Å²) in [4.78, 5) is 24.3. The van der Waals surface area contributed by atoms with Crippen molar-refractivity contribution in [3.63, 3.8) is 0 Å². The van der Waals surface area contributed by atoms with Crippen molar-refractivity contribution in [3.05, 3.63) is 28.8 Å². The minimum Gasteiger partial charge on any atom is -0.444 e. The Labute approximate surface area is 205 Å². The standard InChI is InChI=1S/C29H43NO4/c1-18-14-20(33-23(31)17-30-25(32)34-26(2,3)4)15-19-16-22-28(7)12-9-11-27(5,6)21(28)10-13-29(22,8)24(18)19/h14-15,21-22H,9-13,16-17H2,1-8H3,(H,30,32)/t21-,22+,28-,29+/m0/s1. The van der Waals surface area contributed by atoms with Gasteiger partial charge in [0.25, 0.3) is 0 Å². The molecule has 0 saturated heterocycles. The van der Waals surface area contributed by atoms with Gasteiger partial charge in [-0.25, -0.2) is 9.59 Å². The number of benzene rings is 1. The number of amides is 1. The first-order chi connectivity index (χ1) is 15.7. The van der Waals surface area contributed by atoms with Crippen molar-refractivity contribution in [1.29, 1.82) is 0 Å². The maximum absolute atomic E-state index is 12.4. The fourth-order valence-electron chi connectivity index (χ4n) is 8.11. The van der Waals surface area contributed by atoms with Gasteiger partial charge in [-0.15, -0.1) is 0 Å². The Morgan fingerprint density at radius 1 is 1.06 bits per heavy atom. The van der Waals surface area contributed by atoms with Crippen LogP contribution in [0.15, 0.2) is 12.1 Å². The second-order valence-electron chi connectivity index (χ2n) is 13.2. The molecule has 188 valence electrons. The van der Waals surface area contributed by atoms with E-state index in [0.29, 0.717) is 22.5 Å². The number of esters is 1. The first kappa shape index (κ1) is 25.1. The number of carbonyl (C=O) groups is 2. The summed E-state index contributed by atoms with van der Waals surface area (Å²) < 4.78 is 10.8. The number of ether oxygens (including phenoxy) is 2. The lowest BCUT2D eigenvalue weighted by molar-refractivity contribution is -0.133. The lowest BCUT2D eigenvalue weighted by atomic mass is 9.43. The molecule has 0 radical (unpaired) electrons. The molecule has 2 saturated carbocycles. The molecular formula is C29H43NO4. The molecule has 5 nitrogen and oxygen atoms in total. The van der Waals surface area contributed by atoms with Crippen LogP contribution < -0.4 is 10.1 Å². The summed E-state index contributed by atoms with van der Waals surface area (Å²) in [5.74, 6) is 1.46. The zero-order chi connectivity index (χ0) is 25.1. The molecule has 0 bridgehead atoms. The Balaban J connectivity index is 1.52. The van der Waals surface area contributed by atoms with Crippen LogP contribution in [0.2, 0.25) is 0 Å². The average Bonchev–Trinajstić information content (AvgIpc) is 2.98. The molecule has 4 atom stereocenters. The van der Waals surface area contributed by atoms with Crippen LogP contribution in [0.1, 0.15) is 97.3 Å². The molecule has 0 aromatic heterocycles. The molecule has 2 fully saturated rings. The van der Waals surface area contributed by atoms with Gasteiger partial charge in [-0.2, -0.15) is 0 Å². The Morgan fingerprint density at radius 2 is 1.76 bits per heavy atom. The van der Waals surface area contributed by atoms with Crippen LogP contribution in [0.3, 0.4) is 0 Å². The van der Waals surface area contributed by atoms with Crippen molar-refractivity contribution in [2.24, 2.45) is 22.7 Å². The number of hydrogen-bond acceptors (Lipinski definition) is 4. The van der Waals surface area contributed by atoms with E-state index in [1.54, 1.807) is 20.8 Å². The Kier molecular flexibility index (Phi) is 6.10. The van der Waals surface area contributed by atoms with E-state index in [-0.39, 0.29) is 12.0 Å². The second kappa shape index (κ2) is 8.27. The lowest BCUT2D eigenvalue weighted by Crippen LogP contribution is -2.55. The second-order valence-corrected chi connectivity index (χ2v) is 13.2. The van der Waals surface area contributed by atoms with Gasteiger partial charge in [0.15, 0.2) is 0 Å². The smallest absolute Gasteiger partial charge is 0.408 e. The topological polar surface area (TPSA) is 64.6 Å². The molecule has 3 aliphatic rings. The van der Waals surface area contributed by atoms with Gasteiger partial charge in [0.2, 0.25) is 0 Å². The van der Waals surface area contributed by atoms with Crippen molar-refractivity contribution in [2.75, 3.05) is 6.54 Å². The van der Waals surface area contributed by atoms with Gasteiger partial charge >= 0.3 is 12.1 Å². The van der Waals surface area contributed by atoms with Crippen LogP contribution in [-0.4, -0.2) is 24.2 Å². The fourth-order valence-corrected chi connectivity index (χ4v) is 8.11. The summed E-state index contributed by atoms with van der Waals surface area (Å²) in [5.41, 5.74) is 4.34. The van der Waals surface area contributed by atoms with E-state index in [1.165, 1.54) is 48.8 Å². The van der Waals surface area contributed by atoms with Crippen LogP contribution in [0.5, 0.6) is 5.75 Å². The van der Waals surface area contributed by atoms with Gasteiger partial charge < -0.3 is 14.8 Å². The van der Waals surface area contributed by atoms with Crippen molar-refractivity contribution in [2.45, 2.75) is 105 Å². The molecule has 0 heterocycles. The molecule has 0 aliphatic heterocycles. The summed E-state index contributed by atoms with van der Waals surface area (Å²) >= 11 is 0. The van der Waals surface area contributed by atoms with E-state index in [4.69, 9.17) is 9.47 Å². The number of hydrogen-bond donors (Lipinski definition) is 1. The van der Waals surface area contributed by atoms with Crippen LogP contribution in [0.25, 0.3) is 0 Å². The van der Waals surface area contributed by atoms with E-state index in [9.17, 15) is 9.59 Å². The molecule has 1 amide bonds. The first-order valence-corrected chi connectivity index (χ1v) is 13.0. The fraction of sp³-hybridized carbons (Fsp3) is 0.724. The number of carbonyl (C=O) groups excluding carboxylic acids is 2. The van der Waals surface area contributed by atoms with E-state index in [0.717, 1.165) is 12.3 Å². The van der Waals surface area contributed by atoms with E-state index in [1.807, 2.05) is 6.07 Å². The molecule has 4 rings (SSSR count). The normalized spacial score (nSPS) is 31.6. The highest BCUT2D eigenvalue weighted by Gasteiger charge is 2.61. The summed E-state index contributed by atoms with van der Waals surface area (Å²) in [6.45, 7) is 17.3. The lowest BCUT2D eigenvalue weighted by Gasteiger charge is -2.61. The largest absolute Gasteiger partial charge is 0.444 e.